The molecule has 0 radical (unpaired) electrons. The fourth-order valence-corrected chi connectivity index (χ4v) is 11.2. The number of ether oxygens (including phenoxy) is 1. The van der Waals surface area contributed by atoms with Gasteiger partial charge in [-0.3, -0.25) is 9.59 Å². The number of nitrogens with one attached hydrogen (secondary N) is 1. The van der Waals surface area contributed by atoms with Crippen LogP contribution in [0.5, 0.6) is 0 Å². The minimum absolute atomic E-state index is 0.0134. The zero-order chi connectivity index (χ0) is 53.6. The van der Waals surface area contributed by atoms with Crippen LogP contribution in [-0.2, 0) is 14.3 Å². The van der Waals surface area contributed by atoms with E-state index in [1.54, 1.807) is 0 Å². The van der Waals surface area contributed by atoms with Crippen LogP contribution in [0.1, 0.15) is 399 Å². The van der Waals surface area contributed by atoms with E-state index in [0.717, 1.165) is 38.5 Å². The van der Waals surface area contributed by atoms with Crippen molar-refractivity contribution in [2.75, 3.05) is 13.2 Å². The number of esters is 1. The summed E-state index contributed by atoms with van der Waals surface area (Å²) in [5, 5.41) is 23.4. The quantitative estimate of drug-likeness (QED) is 0.0417. The zero-order valence-electron chi connectivity index (χ0n) is 50.6. The number of carbonyl (C=O) groups excluding carboxylic acids is 2. The minimum Gasteiger partial charge on any atom is -0.466 e. The van der Waals surface area contributed by atoms with Gasteiger partial charge in [0.1, 0.15) is 0 Å². The monoisotopic (exact) mass is 1050 g/mol. The van der Waals surface area contributed by atoms with Crippen molar-refractivity contribution in [3.05, 3.63) is 0 Å². The van der Waals surface area contributed by atoms with Gasteiger partial charge in [0.05, 0.1) is 25.4 Å². The Kier molecular flexibility index (Phi) is 63.4. The van der Waals surface area contributed by atoms with Crippen LogP contribution in [-0.4, -0.2) is 47.4 Å². The van der Waals surface area contributed by atoms with Gasteiger partial charge in [-0.2, -0.15) is 0 Å². The molecule has 0 spiro atoms. The average molecular weight is 1050 g/mol. The predicted molar refractivity (Wildman–Crippen MR) is 324 cm³/mol. The summed E-state index contributed by atoms with van der Waals surface area (Å²) in [5.41, 5.74) is 0. The van der Waals surface area contributed by atoms with E-state index in [-0.39, 0.29) is 18.5 Å². The molecule has 0 aliphatic carbocycles. The van der Waals surface area contributed by atoms with Gasteiger partial charge < -0.3 is 20.3 Å². The van der Waals surface area contributed by atoms with Gasteiger partial charge in [-0.05, 0) is 25.7 Å². The number of hydrogen-bond donors (Lipinski definition) is 3. The molecule has 0 saturated heterocycles. The summed E-state index contributed by atoms with van der Waals surface area (Å²) < 4.78 is 5.51. The van der Waals surface area contributed by atoms with Crippen molar-refractivity contribution < 1.29 is 24.5 Å². The molecular weight excluding hydrogens is 911 g/mol. The molecule has 0 heterocycles. The molecule has 2 atom stereocenters. The van der Waals surface area contributed by atoms with Crippen LogP contribution in [0.2, 0.25) is 0 Å². The smallest absolute Gasteiger partial charge is 0.305 e. The molecule has 442 valence electrons. The summed E-state index contributed by atoms with van der Waals surface area (Å²) in [6.45, 7) is 5.00. The normalized spacial score (nSPS) is 12.4. The van der Waals surface area contributed by atoms with E-state index < -0.39 is 12.1 Å². The van der Waals surface area contributed by atoms with Gasteiger partial charge in [-0.25, -0.2) is 0 Å². The van der Waals surface area contributed by atoms with Crippen LogP contribution < -0.4 is 5.32 Å². The van der Waals surface area contributed by atoms with Gasteiger partial charge in [0, 0.05) is 12.8 Å². The van der Waals surface area contributed by atoms with E-state index in [9.17, 15) is 19.8 Å². The van der Waals surface area contributed by atoms with Crippen molar-refractivity contribution in [3.63, 3.8) is 0 Å². The fourth-order valence-electron chi connectivity index (χ4n) is 11.2. The minimum atomic E-state index is -0.667. The highest BCUT2D eigenvalue weighted by molar-refractivity contribution is 5.76. The Morgan fingerprint density at radius 2 is 0.554 bits per heavy atom. The van der Waals surface area contributed by atoms with Crippen molar-refractivity contribution >= 4 is 11.9 Å². The van der Waals surface area contributed by atoms with E-state index in [1.807, 2.05) is 0 Å². The third kappa shape index (κ3) is 60.1. The Hall–Kier alpha value is -1.14. The first-order valence-corrected chi connectivity index (χ1v) is 34.3. The molecule has 1 amide bonds. The lowest BCUT2D eigenvalue weighted by molar-refractivity contribution is -0.143. The highest BCUT2D eigenvalue weighted by Gasteiger charge is 2.20. The number of amides is 1. The zero-order valence-corrected chi connectivity index (χ0v) is 50.6. The van der Waals surface area contributed by atoms with Crippen molar-refractivity contribution in [1.29, 1.82) is 0 Å². The number of hydrogen-bond acceptors (Lipinski definition) is 5. The molecule has 3 N–H and O–H groups in total. The maximum absolute atomic E-state index is 12.5. The van der Waals surface area contributed by atoms with Crippen LogP contribution in [0, 0.1) is 0 Å². The summed E-state index contributed by atoms with van der Waals surface area (Å²) >= 11 is 0. The second-order valence-corrected chi connectivity index (χ2v) is 23.9. The number of aliphatic hydroxyl groups is 2. The van der Waals surface area contributed by atoms with E-state index in [1.165, 1.54) is 327 Å². The van der Waals surface area contributed by atoms with E-state index in [4.69, 9.17) is 4.74 Å². The lowest BCUT2D eigenvalue weighted by Gasteiger charge is -2.22. The van der Waals surface area contributed by atoms with E-state index >= 15 is 0 Å². The highest BCUT2D eigenvalue weighted by atomic mass is 16.5. The first-order valence-electron chi connectivity index (χ1n) is 34.3. The molecule has 0 aliphatic heterocycles. The van der Waals surface area contributed by atoms with Crippen molar-refractivity contribution in [2.24, 2.45) is 0 Å². The maximum atomic E-state index is 12.5. The van der Waals surface area contributed by atoms with Crippen molar-refractivity contribution in [1.82, 2.24) is 5.32 Å². The summed E-state index contributed by atoms with van der Waals surface area (Å²) in [5.74, 6) is -0.0201. The largest absolute Gasteiger partial charge is 0.466 e. The van der Waals surface area contributed by atoms with Crippen molar-refractivity contribution in [2.45, 2.75) is 411 Å². The van der Waals surface area contributed by atoms with E-state index in [0.29, 0.717) is 25.9 Å². The number of carbonyl (C=O) groups is 2. The molecule has 6 nitrogen and oxygen atoms in total. The first-order chi connectivity index (χ1) is 36.5. The van der Waals surface area contributed by atoms with Crippen LogP contribution in [0.3, 0.4) is 0 Å². The predicted octanol–water partition coefficient (Wildman–Crippen LogP) is 21.8. The Bertz CT molecular complexity index is 1070. The molecule has 0 fully saturated rings. The SMILES string of the molecule is CCCCCCCCCCCCCCCCCCCCCCCC(O)C(CO)NC(=O)CCCCCCCCCCCCCCCCCCCCOC(=O)CCCCCCCCCCCCCCCCCCCC. The molecule has 2 unspecified atom stereocenters. The van der Waals surface area contributed by atoms with Crippen LogP contribution in [0.15, 0.2) is 0 Å². The van der Waals surface area contributed by atoms with E-state index in [2.05, 4.69) is 19.2 Å². The highest BCUT2D eigenvalue weighted by Crippen LogP contribution is 2.19. The summed E-state index contributed by atoms with van der Waals surface area (Å²) in [4.78, 5) is 24.6. The topological polar surface area (TPSA) is 95.9 Å². The third-order valence-corrected chi connectivity index (χ3v) is 16.4. The van der Waals surface area contributed by atoms with Gasteiger partial charge in [-0.1, -0.05) is 361 Å². The van der Waals surface area contributed by atoms with Gasteiger partial charge >= 0.3 is 5.97 Å². The summed E-state index contributed by atoms with van der Waals surface area (Å²) in [6, 6.07) is -0.544. The van der Waals surface area contributed by atoms with Gasteiger partial charge in [0.25, 0.3) is 0 Å². The lowest BCUT2D eigenvalue weighted by Crippen LogP contribution is -2.45. The first kappa shape index (κ1) is 72.9. The number of aliphatic hydroxyl groups excluding tert-OH is 2. The fraction of sp³-hybridized carbons (Fsp3) is 0.971. The molecule has 0 aromatic carbocycles. The van der Waals surface area contributed by atoms with Gasteiger partial charge in [-0.15, -0.1) is 0 Å². The molecule has 74 heavy (non-hydrogen) atoms. The number of unbranched alkanes of at least 4 members (excludes halogenated alkanes) is 54. The molecule has 6 heteroatoms. The van der Waals surface area contributed by atoms with Crippen LogP contribution in [0.4, 0.5) is 0 Å². The molecule has 0 aliphatic rings. The summed E-state index contributed by atoms with van der Waals surface area (Å²) in [6.07, 6.45) is 77.0. The molecular formula is C68H135NO5. The lowest BCUT2D eigenvalue weighted by atomic mass is 10.0. The Balaban J connectivity index is 3.38. The third-order valence-electron chi connectivity index (χ3n) is 16.4. The van der Waals surface area contributed by atoms with Crippen LogP contribution >= 0.6 is 0 Å². The Morgan fingerprint density at radius 1 is 0.324 bits per heavy atom. The average Bonchev–Trinajstić information content (AvgIpc) is 3.40. The molecule has 0 aromatic heterocycles. The maximum Gasteiger partial charge on any atom is 0.305 e. The molecule has 0 rings (SSSR count). The Morgan fingerprint density at radius 3 is 0.824 bits per heavy atom. The Labute approximate surface area is 464 Å². The summed E-state index contributed by atoms with van der Waals surface area (Å²) in [7, 11) is 0. The molecule has 0 bridgehead atoms. The molecule has 0 aromatic rings. The second-order valence-electron chi connectivity index (χ2n) is 23.9. The second kappa shape index (κ2) is 64.4. The standard InChI is InChI=1S/C68H135NO5/c1-3-5-7-9-11-13-15-17-19-21-23-24-25-28-32-36-40-44-48-52-56-60-66(71)65(64-70)69-67(72)61-57-53-49-45-41-37-33-29-26-27-31-35-39-43-47-51-55-59-63-74-68(73)62-58-54-50-46-42-38-34-30-22-20-18-16-14-12-10-8-6-4-2/h65-66,70-71H,3-64H2,1-2H3,(H,69,72). The van der Waals surface area contributed by atoms with Crippen LogP contribution in [0.25, 0.3) is 0 Å². The molecule has 0 saturated carbocycles. The number of rotatable bonds is 65. The van der Waals surface area contributed by atoms with Crippen molar-refractivity contribution in [3.8, 4) is 0 Å². The van der Waals surface area contributed by atoms with Gasteiger partial charge in [0.2, 0.25) is 5.91 Å². The van der Waals surface area contributed by atoms with Gasteiger partial charge in [0.15, 0.2) is 0 Å².